The largest absolute Gasteiger partial charge is 0.478 e. The van der Waals surface area contributed by atoms with Gasteiger partial charge in [0.25, 0.3) is 0 Å². The summed E-state index contributed by atoms with van der Waals surface area (Å²) in [4.78, 5) is 17.3. The van der Waals surface area contributed by atoms with Crippen LogP contribution >= 0.6 is 11.8 Å². The number of hydrogen-bond acceptors (Lipinski definition) is 4. The van der Waals surface area contributed by atoms with Crippen LogP contribution in [0.4, 0.5) is 5.82 Å². The summed E-state index contributed by atoms with van der Waals surface area (Å²) in [5.74, 6) is 1.02. The highest BCUT2D eigenvalue weighted by Gasteiger charge is 2.24. The van der Waals surface area contributed by atoms with Crippen molar-refractivity contribution in [2.45, 2.75) is 25.0 Å². The highest BCUT2D eigenvalue weighted by atomic mass is 32.2. The minimum Gasteiger partial charge on any atom is -0.478 e. The topological polar surface area (TPSA) is 53.4 Å². The monoisotopic (exact) mass is 266 g/mol. The fraction of sp³-hybridized carbons (Fsp3) is 0.538. The summed E-state index contributed by atoms with van der Waals surface area (Å²) < 4.78 is 0.315. The molecule has 1 fully saturated rings. The number of thioether (sulfide) groups is 1. The summed E-state index contributed by atoms with van der Waals surface area (Å²) in [5, 5.41) is 8.84. The van der Waals surface area contributed by atoms with Crippen LogP contribution in [-0.2, 0) is 0 Å². The second-order valence-electron chi connectivity index (χ2n) is 5.06. The van der Waals surface area contributed by atoms with E-state index < -0.39 is 5.97 Å². The first kappa shape index (κ1) is 13.2. The van der Waals surface area contributed by atoms with E-state index in [0.29, 0.717) is 4.75 Å². The lowest BCUT2D eigenvalue weighted by molar-refractivity contribution is 0.0696. The van der Waals surface area contributed by atoms with Crippen LogP contribution in [0.3, 0.4) is 0 Å². The molecule has 2 rings (SSSR count). The van der Waals surface area contributed by atoms with Crippen molar-refractivity contribution in [2.24, 2.45) is 0 Å². The van der Waals surface area contributed by atoms with Gasteiger partial charge in [0.05, 0.1) is 5.56 Å². The third-order valence-corrected chi connectivity index (χ3v) is 4.53. The molecule has 0 spiro atoms. The molecule has 98 valence electrons. The van der Waals surface area contributed by atoms with Gasteiger partial charge in [-0.3, -0.25) is 0 Å². The van der Waals surface area contributed by atoms with Gasteiger partial charge in [0, 0.05) is 29.8 Å². The Morgan fingerprint density at radius 1 is 1.44 bits per heavy atom. The Labute approximate surface area is 111 Å². The van der Waals surface area contributed by atoms with Gasteiger partial charge in [-0.25, -0.2) is 9.78 Å². The van der Waals surface area contributed by atoms with Crippen molar-refractivity contribution in [1.29, 1.82) is 0 Å². The maximum absolute atomic E-state index is 10.8. The van der Waals surface area contributed by atoms with Crippen LogP contribution < -0.4 is 4.90 Å². The molecule has 1 saturated heterocycles. The number of rotatable bonds is 2. The predicted molar refractivity (Wildman–Crippen MR) is 74.6 cm³/mol. The van der Waals surface area contributed by atoms with Gasteiger partial charge < -0.3 is 10.0 Å². The molecule has 1 N–H and O–H groups in total. The quantitative estimate of drug-likeness (QED) is 0.891. The molecule has 0 aliphatic carbocycles. The summed E-state index contributed by atoms with van der Waals surface area (Å²) in [7, 11) is 0. The van der Waals surface area contributed by atoms with Crippen molar-refractivity contribution in [3.8, 4) is 0 Å². The molecule has 4 nitrogen and oxygen atoms in total. The smallest absolute Gasteiger partial charge is 0.337 e. The van der Waals surface area contributed by atoms with Crippen LogP contribution in [0.2, 0.25) is 0 Å². The van der Waals surface area contributed by atoms with Gasteiger partial charge in [-0.2, -0.15) is 11.8 Å². The minimum atomic E-state index is -0.929. The second-order valence-corrected chi connectivity index (χ2v) is 6.86. The molecule has 1 aliphatic rings. The van der Waals surface area contributed by atoms with Gasteiger partial charge in [0.1, 0.15) is 5.82 Å². The van der Waals surface area contributed by atoms with Crippen molar-refractivity contribution in [3.63, 3.8) is 0 Å². The number of carbonyl (C=O) groups is 1. The lowest BCUT2D eigenvalue weighted by Gasteiger charge is -2.23. The van der Waals surface area contributed by atoms with Crippen molar-refractivity contribution in [3.05, 3.63) is 23.9 Å². The third-order valence-electron chi connectivity index (χ3n) is 3.16. The minimum absolute atomic E-state index is 0.239. The number of aromatic carboxylic acids is 1. The number of pyridine rings is 1. The number of carboxylic acids is 1. The van der Waals surface area contributed by atoms with Gasteiger partial charge in [0.2, 0.25) is 0 Å². The second kappa shape index (κ2) is 5.18. The van der Waals surface area contributed by atoms with Crippen LogP contribution in [0, 0.1) is 0 Å². The maximum atomic E-state index is 10.8. The first-order valence-corrected chi connectivity index (χ1v) is 7.05. The molecule has 0 amide bonds. The number of aromatic nitrogens is 1. The van der Waals surface area contributed by atoms with Crippen molar-refractivity contribution in [1.82, 2.24) is 4.98 Å². The van der Waals surface area contributed by atoms with Crippen molar-refractivity contribution >= 4 is 23.5 Å². The van der Waals surface area contributed by atoms with E-state index in [4.69, 9.17) is 5.11 Å². The van der Waals surface area contributed by atoms with Gasteiger partial charge in [-0.1, -0.05) is 13.8 Å². The van der Waals surface area contributed by atoms with E-state index in [9.17, 15) is 4.79 Å². The molecular formula is C13H18N2O2S. The molecule has 1 aromatic heterocycles. The maximum Gasteiger partial charge on any atom is 0.337 e. The summed E-state index contributed by atoms with van der Waals surface area (Å²) >= 11 is 1.98. The third kappa shape index (κ3) is 3.16. The summed E-state index contributed by atoms with van der Waals surface area (Å²) in [6, 6.07) is 3.42. The van der Waals surface area contributed by atoms with Crippen LogP contribution in [0.25, 0.3) is 0 Å². The lowest BCUT2D eigenvalue weighted by Crippen LogP contribution is -2.27. The molecular weight excluding hydrogens is 248 g/mol. The molecule has 5 heteroatoms. The van der Waals surface area contributed by atoms with E-state index >= 15 is 0 Å². The van der Waals surface area contributed by atoms with E-state index in [2.05, 4.69) is 23.7 Å². The molecule has 18 heavy (non-hydrogen) atoms. The number of carboxylic acid groups (broad SMARTS) is 1. The molecule has 1 aromatic rings. The molecule has 0 aromatic carbocycles. The Morgan fingerprint density at radius 2 is 2.22 bits per heavy atom. The average Bonchev–Trinajstić information content (AvgIpc) is 2.50. The summed E-state index contributed by atoms with van der Waals surface area (Å²) in [6.07, 6.45) is 2.54. The first-order valence-electron chi connectivity index (χ1n) is 6.06. The molecule has 0 saturated carbocycles. The Morgan fingerprint density at radius 3 is 2.83 bits per heavy atom. The average molecular weight is 266 g/mol. The molecule has 0 unspecified atom stereocenters. The van der Waals surface area contributed by atoms with E-state index in [1.807, 2.05) is 11.8 Å². The summed E-state index contributed by atoms with van der Waals surface area (Å²) in [5.41, 5.74) is 0.239. The SMILES string of the molecule is CC1(C)CCN(c2ccc(C(=O)O)cn2)CCS1. The van der Waals surface area contributed by atoms with Crippen LogP contribution in [-0.4, -0.2) is 39.6 Å². The molecule has 0 bridgehead atoms. The van der Waals surface area contributed by atoms with E-state index in [1.165, 1.54) is 6.20 Å². The normalized spacial score (nSPS) is 19.3. The van der Waals surface area contributed by atoms with E-state index in [0.717, 1.165) is 31.1 Å². The standard InChI is InChI=1S/C13H18N2O2S/c1-13(2)5-6-15(7-8-18-13)11-4-3-10(9-14-11)12(16)17/h3-4,9H,5-8H2,1-2H3,(H,16,17). The van der Waals surface area contributed by atoms with E-state index in [1.54, 1.807) is 12.1 Å². The van der Waals surface area contributed by atoms with Crippen LogP contribution in [0.15, 0.2) is 18.3 Å². The van der Waals surface area contributed by atoms with Crippen LogP contribution in [0.5, 0.6) is 0 Å². The fourth-order valence-corrected chi connectivity index (χ4v) is 3.05. The Hall–Kier alpha value is -1.23. The molecule has 0 radical (unpaired) electrons. The van der Waals surface area contributed by atoms with Crippen LogP contribution in [0.1, 0.15) is 30.6 Å². The zero-order valence-corrected chi connectivity index (χ0v) is 11.5. The zero-order valence-electron chi connectivity index (χ0n) is 10.7. The number of nitrogens with zero attached hydrogens (tertiary/aromatic N) is 2. The summed E-state index contributed by atoms with van der Waals surface area (Å²) in [6.45, 7) is 6.47. The predicted octanol–water partition coefficient (Wildman–Crippen LogP) is 2.50. The highest BCUT2D eigenvalue weighted by molar-refractivity contribution is 8.00. The van der Waals surface area contributed by atoms with Gasteiger partial charge in [-0.15, -0.1) is 0 Å². The first-order chi connectivity index (χ1) is 8.48. The fourth-order valence-electron chi connectivity index (χ4n) is 1.95. The lowest BCUT2D eigenvalue weighted by atomic mass is 10.1. The molecule has 0 atom stereocenters. The zero-order chi connectivity index (χ0) is 13.2. The van der Waals surface area contributed by atoms with Gasteiger partial charge in [-0.05, 0) is 18.6 Å². The highest BCUT2D eigenvalue weighted by Crippen LogP contribution is 2.31. The number of anilines is 1. The Balaban J connectivity index is 2.09. The van der Waals surface area contributed by atoms with Gasteiger partial charge >= 0.3 is 5.97 Å². The number of hydrogen-bond donors (Lipinski definition) is 1. The van der Waals surface area contributed by atoms with E-state index in [-0.39, 0.29) is 5.56 Å². The Kier molecular flexibility index (Phi) is 3.80. The van der Waals surface area contributed by atoms with Crippen molar-refractivity contribution < 1.29 is 9.90 Å². The van der Waals surface area contributed by atoms with Gasteiger partial charge in [0.15, 0.2) is 0 Å². The Bertz CT molecular complexity index is 431. The van der Waals surface area contributed by atoms with Crippen molar-refractivity contribution in [2.75, 3.05) is 23.7 Å². The molecule has 1 aliphatic heterocycles. The molecule has 2 heterocycles.